The molecule has 1 unspecified atom stereocenters. The number of hydrogen-bond acceptors (Lipinski definition) is 3. The molecule has 0 aliphatic heterocycles. The zero-order valence-corrected chi connectivity index (χ0v) is 15.1. The number of carbonyl (C=O) groups excluding carboxylic acids is 1. The van der Waals surface area contributed by atoms with Gasteiger partial charge in [0.1, 0.15) is 0 Å². The van der Waals surface area contributed by atoms with Crippen molar-refractivity contribution in [2.45, 2.75) is 40.2 Å². The van der Waals surface area contributed by atoms with E-state index in [0.29, 0.717) is 6.54 Å². The lowest BCUT2D eigenvalue weighted by molar-refractivity contribution is 0.165. The van der Waals surface area contributed by atoms with Crippen LogP contribution in [-0.4, -0.2) is 37.7 Å². The summed E-state index contributed by atoms with van der Waals surface area (Å²) in [6.07, 6.45) is 0.853. The summed E-state index contributed by atoms with van der Waals surface area (Å²) in [5, 5.41) is 3.43. The van der Waals surface area contributed by atoms with Gasteiger partial charge < -0.3 is 10.1 Å². The van der Waals surface area contributed by atoms with Crippen molar-refractivity contribution in [3.05, 3.63) is 34.9 Å². The van der Waals surface area contributed by atoms with E-state index in [9.17, 15) is 4.79 Å². The summed E-state index contributed by atoms with van der Waals surface area (Å²) in [7, 11) is 1.36. The Balaban J connectivity index is 0.00000135. The van der Waals surface area contributed by atoms with E-state index in [0.717, 1.165) is 18.1 Å². The lowest BCUT2D eigenvalue weighted by Crippen LogP contribution is -2.36. The summed E-state index contributed by atoms with van der Waals surface area (Å²) >= 11 is 6.01. The Hall–Kier alpha value is -1.26. The number of carbonyl (C=O) groups is 1. The van der Waals surface area contributed by atoms with Gasteiger partial charge in [-0.2, -0.15) is 0 Å². The minimum Gasteiger partial charge on any atom is -0.453 e. The molecule has 0 saturated carbocycles. The molecule has 0 aliphatic carbocycles. The van der Waals surface area contributed by atoms with Gasteiger partial charge in [-0.15, -0.1) is 0 Å². The van der Waals surface area contributed by atoms with Crippen molar-refractivity contribution in [3.8, 4) is 0 Å². The molecule has 1 N–H and O–H groups in total. The van der Waals surface area contributed by atoms with Gasteiger partial charge in [0.25, 0.3) is 0 Å². The minimum absolute atomic E-state index is 0.253. The summed E-state index contributed by atoms with van der Waals surface area (Å²) in [6, 6.07) is 8.11. The first-order valence-corrected chi connectivity index (χ1v) is 8.19. The summed E-state index contributed by atoms with van der Waals surface area (Å²) in [4.78, 5) is 13.3. The number of amides is 1. The quantitative estimate of drug-likeness (QED) is 0.836. The van der Waals surface area contributed by atoms with E-state index in [4.69, 9.17) is 11.6 Å². The maximum Gasteiger partial charge on any atom is 0.406 e. The van der Waals surface area contributed by atoms with Crippen molar-refractivity contribution >= 4 is 17.7 Å². The third kappa shape index (κ3) is 8.25. The third-order valence-electron chi connectivity index (χ3n) is 3.14. The van der Waals surface area contributed by atoms with Gasteiger partial charge in [-0.1, -0.05) is 50.9 Å². The van der Waals surface area contributed by atoms with Crippen molar-refractivity contribution in [1.82, 2.24) is 10.2 Å². The number of hydrogen-bond donors (Lipinski definition) is 1. The van der Waals surface area contributed by atoms with Crippen molar-refractivity contribution in [3.63, 3.8) is 0 Å². The van der Waals surface area contributed by atoms with Gasteiger partial charge in [-0.3, -0.25) is 4.90 Å². The number of ether oxygens (including phenoxy) is 1. The van der Waals surface area contributed by atoms with Crippen LogP contribution in [0.25, 0.3) is 0 Å². The molecule has 0 radical (unpaired) electrons. The van der Waals surface area contributed by atoms with Gasteiger partial charge in [0.2, 0.25) is 0 Å². The molecule has 0 saturated heterocycles. The van der Waals surface area contributed by atoms with E-state index < -0.39 is 6.09 Å². The van der Waals surface area contributed by atoms with Crippen LogP contribution in [0.1, 0.15) is 45.7 Å². The molecule has 0 fully saturated rings. The monoisotopic (exact) mass is 328 g/mol. The molecule has 1 amide bonds. The number of benzene rings is 1. The second-order valence-corrected chi connectivity index (χ2v) is 5.42. The SMILES string of the molecule is CCC.CCN(CCNC(=O)OC)C(C)c1cccc(Cl)c1. The Morgan fingerprint density at radius 2 is 2.00 bits per heavy atom. The Morgan fingerprint density at radius 3 is 2.50 bits per heavy atom. The fourth-order valence-electron chi connectivity index (χ4n) is 1.98. The number of nitrogens with one attached hydrogen (secondary N) is 1. The zero-order valence-electron chi connectivity index (χ0n) is 14.4. The first-order valence-electron chi connectivity index (χ1n) is 7.81. The van der Waals surface area contributed by atoms with Gasteiger partial charge >= 0.3 is 6.09 Å². The number of rotatable bonds is 6. The van der Waals surface area contributed by atoms with Crippen LogP contribution in [0.15, 0.2) is 24.3 Å². The van der Waals surface area contributed by atoms with Gasteiger partial charge in [-0.05, 0) is 31.2 Å². The lowest BCUT2D eigenvalue weighted by Gasteiger charge is -2.28. The highest BCUT2D eigenvalue weighted by molar-refractivity contribution is 6.30. The first-order chi connectivity index (χ1) is 10.5. The smallest absolute Gasteiger partial charge is 0.406 e. The molecule has 0 bridgehead atoms. The van der Waals surface area contributed by atoms with Crippen LogP contribution in [0.3, 0.4) is 0 Å². The highest BCUT2D eigenvalue weighted by atomic mass is 35.5. The average Bonchev–Trinajstić information content (AvgIpc) is 2.51. The molecular formula is C17H29ClN2O2. The highest BCUT2D eigenvalue weighted by Gasteiger charge is 2.14. The lowest BCUT2D eigenvalue weighted by atomic mass is 10.1. The average molecular weight is 329 g/mol. The molecule has 0 heterocycles. The Bertz CT molecular complexity index is 427. The molecule has 4 nitrogen and oxygen atoms in total. The Labute approximate surface area is 139 Å². The highest BCUT2D eigenvalue weighted by Crippen LogP contribution is 2.22. The topological polar surface area (TPSA) is 41.6 Å². The van der Waals surface area contributed by atoms with Crippen LogP contribution in [-0.2, 0) is 4.74 Å². The summed E-state index contributed by atoms with van der Waals surface area (Å²) in [6.45, 7) is 10.7. The molecule has 126 valence electrons. The zero-order chi connectivity index (χ0) is 17.0. The number of alkyl carbamates (subject to hydrolysis) is 1. The molecule has 0 spiro atoms. The molecule has 0 aliphatic rings. The predicted molar refractivity (Wildman–Crippen MR) is 93.5 cm³/mol. The second kappa shape index (κ2) is 12.3. The fraction of sp³-hybridized carbons (Fsp3) is 0.588. The summed E-state index contributed by atoms with van der Waals surface area (Å²) < 4.78 is 4.54. The van der Waals surface area contributed by atoms with E-state index in [1.54, 1.807) is 0 Å². The van der Waals surface area contributed by atoms with Crippen LogP contribution >= 0.6 is 11.6 Å². The summed E-state index contributed by atoms with van der Waals surface area (Å²) in [5.74, 6) is 0. The van der Waals surface area contributed by atoms with Crippen LogP contribution in [0.5, 0.6) is 0 Å². The Kier molecular flexibility index (Phi) is 11.6. The third-order valence-corrected chi connectivity index (χ3v) is 3.37. The van der Waals surface area contributed by atoms with Crippen LogP contribution < -0.4 is 5.32 Å². The number of methoxy groups -OCH3 is 1. The van der Waals surface area contributed by atoms with E-state index in [1.165, 1.54) is 19.1 Å². The van der Waals surface area contributed by atoms with Gasteiger partial charge in [0.05, 0.1) is 7.11 Å². The molecule has 22 heavy (non-hydrogen) atoms. The van der Waals surface area contributed by atoms with Crippen molar-refractivity contribution in [2.24, 2.45) is 0 Å². The fourth-order valence-corrected chi connectivity index (χ4v) is 2.18. The first kappa shape index (κ1) is 20.7. The van der Waals surface area contributed by atoms with Crippen LogP contribution in [0.4, 0.5) is 4.79 Å². The molecule has 1 rings (SSSR count). The number of nitrogens with zero attached hydrogens (tertiary/aromatic N) is 1. The van der Waals surface area contributed by atoms with E-state index in [-0.39, 0.29) is 6.04 Å². The van der Waals surface area contributed by atoms with E-state index in [1.807, 2.05) is 18.2 Å². The van der Waals surface area contributed by atoms with Gasteiger partial charge in [0, 0.05) is 24.2 Å². The van der Waals surface area contributed by atoms with Crippen molar-refractivity contribution < 1.29 is 9.53 Å². The second-order valence-electron chi connectivity index (χ2n) is 4.99. The predicted octanol–water partition coefficient (Wildman–Crippen LogP) is 4.50. The van der Waals surface area contributed by atoms with Gasteiger partial charge in [0.15, 0.2) is 0 Å². The molecule has 1 aromatic rings. The van der Waals surface area contributed by atoms with E-state index >= 15 is 0 Å². The number of likely N-dealkylation sites (N-methyl/N-ethyl adjacent to an activating group) is 1. The van der Waals surface area contributed by atoms with Crippen molar-refractivity contribution in [2.75, 3.05) is 26.7 Å². The minimum atomic E-state index is -0.397. The molecule has 0 aromatic heterocycles. The molecule has 1 atom stereocenters. The number of halogens is 1. The summed E-state index contributed by atoms with van der Waals surface area (Å²) in [5.41, 5.74) is 1.17. The largest absolute Gasteiger partial charge is 0.453 e. The molecule has 1 aromatic carbocycles. The standard InChI is InChI=1S/C14H21ClN2O2.C3H8/c1-4-17(9-8-16-14(18)19-3)11(2)12-6-5-7-13(15)10-12;1-3-2/h5-7,10-11H,4,8-9H2,1-3H3,(H,16,18);3H2,1-2H3. The van der Waals surface area contributed by atoms with Crippen molar-refractivity contribution in [1.29, 1.82) is 0 Å². The maximum atomic E-state index is 11.0. The Morgan fingerprint density at radius 1 is 1.36 bits per heavy atom. The van der Waals surface area contributed by atoms with Crippen LogP contribution in [0, 0.1) is 0 Å². The molecule has 5 heteroatoms. The van der Waals surface area contributed by atoms with Crippen LogP contribution in [0.2, 0.25) is 5.02 Å². The normalized spacial score (nSPS) is 11.4. The van der Waals surface area contributed by atoms with Gasteiger partial charge in [-0.25, -0.2) is 4.79 Å². The molecular weight excluding hydrogens is 300 g/mol. The maximum absolute atomic E-state index is 11.0. The van der Waals surface area contributed by atoms with E-state index in [2.05, 4.69) is 48.7 Å².